The first-order valence-corrected chi connectivity index (χ1v) is 14.0. The lowest BCUT2D eigenvalue weighted by molar-refractivity contribution is 0.100. The lowest BCUT2D eigenvalue weighted by Crippen LogP contribution is -2.04. The predicted octanol–water partition coefficient (Wildman–Crippen LogP) is 4.32. The number of benzene rings is 2. The van der Waals surface area contributed by atoms with Gasteiger partial charge in [0.1, 0.15) is 24.4 Å². The van der Waals surface area contributed by atoms with Crippen LogP contribution in [0.15, 0.2) is 49.6 Å². The van der Waals surface area contributed by atoms with Crippen molar-refractivity contribution in [2.75, 3.05) is 52.9 Å². The van der Waals surface area contributed by atoms with Crippen LogP contribution in [0.3, 0.4) is 0 Å². The molecule has 2 aromatic carbocycles. The molecule has 4 atom stereocenters. The monoisotopic (exact) mass is 552 g/mol. The third kappa shape index (κ3) is 10.5. The van der Waals surface area contributed by atoms with Gasteiger partial charge in [-0.3, -0.25) is 0 Å². The maximum atomic E-state index is 5.66. The molecule has 4 fully saturated rings. The van der Waals surface area contributed by atoms with E-state index in [0.717, 1.165) is 59.8 Å². The molecule has 4 heterocycles. The van der Waals surface area contributed by atoms with E-state index in [-0.39, 0.29) is 0 Å². The van der Waals surface area contributed by atoms with Gasteiger partial charge in [-0.05, 0) is 39.4 Å². The van der Waals surface area contributed by atoms with Crippen molar-refractivity contribution >= 4 is 12.2 Å². The zero-order valence-electron chi connectivity index (χ0n) is 23.1. The van der Waals surface area contributed by atoms with Crippen LogP contribution in [0.4, 0.5) is 0 Å². The van der Waals surface area contributed by atoms with E-state index < -0.39 is 0 Å². The Kier molecular flexibility index (Phi) is 10.9. The van der Waals surface area contributed by atoms with Crippen molar-refractivity contribution in [1.82, 2.24) is 0 Å². The van der Waals surface area contributed by atoms with E-state index in [1.807, 2.05) is 12.2 Å². The minimum absolute atomic E-state index is 0.298. The fourth-order valence-corrected chi connectivity index (χ4v) is 4.00. The topological polar surface area (TPSA) is 87.0 Å². The van der Waals surface area contributed by atoms with Gasteiger partial charge in [0.15, 0.2) is 0 Å². The molecule has 6 rings (SSSR count). The molecule has 4 aliphatic heterocycles. The summed E-state index contributed by atoms with van der Waals surface area (Å²) in [6.07, 6.45) is 4.94. The molecule has 0 amide bonds. The molecule has 40 heavy (non-hydrogen) atoms. The van der Waals surface area contributed by atoms with Gasteiger partial charge in [-0.25, -0.2) is 0 Å². The van der Waals surface area contributed by atoms with Crippen molar-refractivity contribution in [3.05, 3.63) is 82.9 Å². The van der Waals surface area contributed by atoms with Gasteiger partial charge in [-0.15, -0.1) is 0 Å². The molecule has 4 saturated heterocycles. The second kappa shape index (κ2) is 15.0. The van der Waals surface area contributed by atoms with Crippen LogP contribution < -0.4 is 0 Å². The van der Waals surface area contributed by atoms with Gasteiger partial charge in [-0.2, -0.15) is 0 Å². The molecule has 4 aliphatic rings. The van der Waals surface area contributed by atoms with Crippen molar-refractivity contribution in [2.45, 2.75) is 50.8 Å². The van der Waals surface area contributed by atoms with Gasteiger partial charge in [0.2, 0.25) is 0 Å². The SMILES string of the molecule is C=Cc1cc(COCC2CO2)ccc1COCC1CO1.C=Cc1ccc(COCC2CO2)cc1COCC1CO1. The minimum atomic E-state index is 0.298. The first-order valence-electron chi connectivity index (χ1n) is 14.0. The molecule has 216 valence electrons. The first kappa shape index (κ1) is 29.1. The lowest BCUT2D eigenvalue weighted by Gasteiger charge is -2.10. The summed E-state index contributed by atoms with van der Waals surface area (Å²) in [6, 6.07) is 12.5. The molecule has 0 saturated carbocycles. The molecule has 0 N–H and O–H groups in total. The van der Waals surface area contributed by atoms with Gasteiger partial charge in [0.25, 0.3) is 0 Å². The van der Waals surface area contributed by atoms with Crippen LogP contribution in [0.25, 0.3) is 12.2 Å². The molecular weight excluding hydrogens is 512 g/mol. The normalized spacial score (nSPS) is 23.6. The summed E-state index contributed by atoms with van der Waals surface area (Å²) in [5.41, 5.74) is 6.80. The van der Waals surface area contributed by atoms with Crippen LogP contribution >= 0.6 is 0 Å². The number of hydrogen-bond acceptors (Lipinski definition) is 8. The summed E-state index contributed by atoms with van der Waals surface area (Å²) < 4.78 is 43.0. The second-order valence-corrected chi connectivity index (χ2v) is 10.4. The minimum Gasteiger partial charge on any atom is -0.374 e. The third-order valence-electron chi connectivity index (χ3n) is 6.73. The van der Waals surface area contributed by atoms with E-state index in [4.69, 9.17) is 37.9 Å². The molecule has 0 spiro atoms. The zero-order chi connectivity index (χ0) is 27.6. The fraction of sp³-hybridized carbons (Fsp3) is 0.500. The average molecular weight is 553 g/mol. The van der Waals surface area contributed by atoms with E-state index in [1.165, 1.54) is 0 Å². The Morgan fingerprint density at radius 3 is 1.45 bits per heavy atom. The molecule has 0 aromatic heterocycles. The Balaban J connectivity index is 0.000000161. The highest BCUT2D eigenvalue weighted by molar-refractivity contribution is 5.53. The van der Waals surface area contributed by atoms with Crippen LogP contribution in [0.2, 0.25) is 0 Å². The van der Waals surface area contributed by atoms with Crippen molar-refractivity contribution in [3.63, 3.8) is 0 Å². The fourth-order valence-electron chi connectivity index (χ4n) is 4.00. The molecule has 8 nitrogen and oxygen atoms in total. The highest BCUT2D eigenvalue weighted by Crippen LogP contribution is 2.19. The summed E-state index contributed by atoms with van der Waals surface area (Å²) >= 11 is 0. The third-order valence-corrected chi connectivity index (χ3v) is 6.73. The number of hydrogen-bond donors (Lipinski definition) is 0. The van der Waals surface area contributed by atoms with Crippen LogP contribution in [-0.2, 0) is 64.3 Å². The van der Waals surface area contributed by atoms with Gasteiger partial charge >= 0.3 is 0 Å². The van der Waals surface area contributed by atoms with E-state index in [1.54, 1.807) is 0 Å². The molecular formula is C32H40O8. The Morgan fingerprint density at radius 2 is 0.975 bits per heavy atom. The van der Waals surface area contributed by atoms with Crippen molar-refractivity contribution in [1.29, 1.82) is 0 Å². The summed E-state index contributed by atoms with van der Waals surface area (Å²) in [7, 11) is 0. The summed E-state index contributed by atoms with van der Waals surface area (Å²) in [5, 5.41) is 0. The zero-order valence-corrected chi connectivity index (χ0v) is 23.1. The van der Waals surface area contributed by atoms with Crippen molar-refractivity contribution < 1.29 is 37.9 Å². The van der Waals surface area contributed by atoms with Gasteiger partial charge < -0.3 is 37.9 Å². The highest BCUT2D eigenvalue weighted by Gasteiger charge is 2.24. The lowest BCUT2D eigenvalue weighted by atomic mass is 10.0. The van der Waals surface area contributed by atoms with Crippen LogP contribution in [0.5, 0.6) is 0 Å². The maximum Gasteiger partial charge on any atom is 0.104 e. The molecule has 0 aliphatic carbocycles. The highest BCUT2D eigenvalue weighted by atomic mass is 16.6. The van der Waals surface area contributed by atoms with Crippen LogP contribution in [0, 0.1) is 0 Å². The molecule has 8 heteroatoms. The van der Waals surface area contributed by atoms with E-state index >= 15 is 0 Å². The quantitative estimate of drug-likeness (QED) is 0.253. The van der Waals surface area contributed by atoms with E-state index in [0.29, 0.717) is 77.3 Å². The predicted molar refractivity (Wildman–Crippen MR) is 151 cm³/mol. The Hall–Kier alpha value is -2.40. The molecule has 0 bridgehead atoms. The Bertz CT molecular complexity index is 1100. The van der Waals surface area contributed by atoms with Crippen LogP contribution in [0.1, 0.15) is 33.4 Å². The average Bonchev–Trinajstić information content (AvgIpc) is 3.75. The molecule has 2 aromatic rings. The molecule has 4 unspecified atom stereocenters. The smallest absolute Gasteiger partial charge is 0.104 e. The van der Waals surface area contributed by atoms with E-state index in [2.05, 4.69) is 49.6 Å². The van der Waals surface area contributed by atoms with Crippen molar-refractivity contribution in [3.8, 4) is 0 Å². The summed E-state index contributed by atoms with van der Waals surface area (Å²) in [5.74, 6) is 0. The first-order chi connectivity index (χ1) is 19.7. The Morgan fingerprint density at radius 1 is 0.550 bits per heavy atom. The summed E-state index contributed by atoms with van der Waals surface area (Å²) in [6.45, 7) is 16.1. The Labute approximate surface area is 236 Å². The number of ether oxygens (including phenoxy) is 8. The largest absolute Gasteiger partial charge is 0.374 e. The van der Waals surface area contributed by atoms with Crippen molar-refractivity contribution in [2.24, 2.45) is 0 Å². The van der Waals surface area contributed by atoms with Gasteiger partial charge in [0.05, 0.1) is 79.3 Å². The number of rotatable bonds is 18. The van der Waals surface area contributed by atoms with E-state index in [9.17, 15) is 0 Å². The molecule has 0 radical (unpaired) electrons. The van der Waals surface area contributed by atoms with Gasteiger partial charge in [-0.1, -0.05) is 55.6 Å². The standard InChI is InChI=1S/2C16H20O4/c1-2-13-5-12(6-17-8-15-10-19-15)3-4-14(13)7-18-9-16-11-20-16;1-2-13-4-3-12(6-17-8-15-10-19-15)5-14(13)7-18-9-16-11-20-16/h2*2-5,15-16H,1,6-11H2. The van der Waals surface area contributed by atoms with Gasteiger partial charge in [0, 0.05) is 0 Å². The number of epoxide rings is 4. The summed E-state index contributed by atoms with van der Waals surface area (Å²) in [4.78, 5) is 0. The van der Waals surface area contributed by atoms with Crippen LogP contribution in [-0.4, -0.2) is 77.3 Å². The maximum absolute atomic E-state index is 5.66. The second-order valence-electron chi connectivity index (χ2n) is 10.4.